The van der Waals surface area contributed by atoms with E-state index >= 15 is 0 Å². The van der Waals surface area contributed by atoms with Crippen LogP contribution >= 0.6 is 11.8 Å². The molecule has 5 heterocycles. The van der Waals surface area contributed by atoms with Gasteiger partial charge in [0.25, 0.3) is 11.7 Å². The van der Waals surface area contributed by atoms with Crippen molar-refractivity contribution in [1.29, 1.82) is 0 Å². The van der Waals surface area contributed by atoms with Crippen LogP contribution in [0.3, 0.4) is 0 Å². The highest BCUT2D eigenvalue weighted by atomic mass is 32.2. The number of para-hydroxylation sites is 4. The normalized spacial score (nSPS) is 16.1. The van der Waals surface area contributed by atoms with E-state index in [-0.39, 0.29) is 0 Å². The van der Waals surface area contributed by atoms with Crippen LogP contribution in [0.4, 0.5) is 5.69 Å². The zero-order valence-electron chi connectivity index (χ0n) is 33.4. The van der Waals surface area contributed by atoms with Gasteiger partial charge in [0.2, 0.25) is 0 Å². The number of amidine groups is 2. The average Bonchev–Trinajstić information content (AvgIpc) is 3.83. The fraction of sp³-hybridized carbons (Fsp3) is 0.0175. The van der Waals surface area contributed by atoms with Gasteiger partial charge in [0.15, 0.2) is 0 Å². The van der Waals surface area contributed by atoms with E-state index < -0.39 is 5.41 Å². The largest absolute Gasteiger partial charge is 0.309 e. The van der Waals surface area contributed by atoms with E-state index in [2.05, 4.69) is 226 Å². The molecule has 0 aliphatic carbocycles. The fourth-order valence-electron chi connectivity index (χ4n) is 10.9. The highest BCUT2D eigenvalue weighted by molar-refractivity contribution is 7.99. The number of hydrogen-bond acceptors (Lipinski definition) is 2. The molecule has 0 fully saturated rings. The van der Waals surface area contributed by atoms with E-state index in [1.165, 1.54) is 81.3 Å². The van der Waals surface area contributed by atoms with Crippen LogP contribution in [0.2, 0.25) is 0 Å². The van der Waals surface area contributed by atoms with Gasteiger partial charge >= 0.3 is 0 Å². The molecule has 0 bridgehead atoms. The predicted octanol–water partition coefficient (Wildman–Crippen LogP) is 13.6. The Kier molecular flexibility index (Phi) is 6.94. The first-order valence-corrected chi connectivity index (χ1v) is 22.0. The van der Waals surface area contributed by atoms with Gasteiger partial charge in [-0.3, -0.25) is 0 Å². The zero-order chi connectivity index (χ0) is 40.5. The van der Waals surface area contributed by atoms with Crippen LogP contribution in [-0.2, 0) is 5.41 Å². The van der Waals surface area contributed by atoms with E-state index in [0.717, 1.165) is 34.2 Å². The third-order valence-electron chi connectivity index (χ3n) is 13.4. The molecule has 0 N–H and O–H groups in total. The second-order valence-corrected chi connectivity index (χ2v) is 17.6. The Bertz CT molecular complexity index is 3780. The van der Waals surface area contributed by atoms with Gasteiger partial charge < -0.3 is 9.13 Å². The molecule has 1 atom stereocenters. The second-order valence-electron chi connectivity index (χ2n) is 16.5. The lowest BCUT2D eigenvalue weighted by molar-refractivity contribution is -0.319. The summed E-state index contributed by atoms with van der Waals surface area (Å²) in [5, 5.41) is 5.05. The molecule has 9 aromatic carbocycles. The van der Waals surface area contributed by atoms with Crippen LogP contribution in [0.25, 0.3) is 55.0 Å². The average molecular weight is 808 g/mol. The second kappa shape index (κ2) is 12.6. The van der Waals surface area contributed by atoms with Crippen LogP contribution in [0.15, 0.2) is 227 Å². The number of benzene rings is 9. The topological polar surface area (TPSA) is 25.2 Å². The van der Waals surface area contributed by atoms with Gasteiger partial charge in [0.1, 0.15) is 5.69 Å². The first kappa shape index (κ1) is 34.0. The third kappa shape index (κ3) is 4.42. The Morgan fingerprint density at radius 1 is 0.419 bits per heavy atom. The molecule has 1 spiro atoms. The molecule has 14 rings (SSSR count). The molecule has 0 saturated heterocycles. The van der Waals surface area contributed by atoms with Gasteiger partial charge in [-0.1, -0.05) is 150 Å². The Labute approximate surface area is 362 Å². The molecule has 0 radical (unpaired) electrons. The summed E-state index contributed by atoms with van der Waals surface area (Å²) in [4.78, 5) is 7.72. The van der Waals surface area contributed by atoms with Crippen LogP contribution in [0.5, 0.6) is 0 Å². The van der Waals surface area contributed by atoms with Crippen molar-refractivity contribution in [2.24, 2.45) is 4.99 Å². The quantitative estimate of drug-likeness (QED) is 0.163. The minimum absolute atomic E-state index is 0.576. The van der Waals surface area contributed by atoms with Crippen molar-refractivity contribution >= 4 is 72.7 Å². The molecule has 3 aliphatic rings. The van der Waals surface area contributed by atoms with Gasteiger partial charge in [0, 0.05) is 43.1 Å². The molecule has 288 valence electrons. The van der Waals surface area contributed by atoms with Crippen molar-refractivity contribution in [1.82, 2.24) is 9.13 Å². The van der Waals surface area contributed by atoms with Crippen LogP contribution in [0.1, 0.15) is 33.4 Å². The maximum atomic E-state index is 5.14. The Morgan fingerprint density at radius 2 is 1.05 bits per heavy atom. The molecule has 11 aromatic rings. The minimum atomic E-state index is -0.576. The van der Waals surface area contributed by atoms with Crippen molar-refractivity contribution in [2.75, 3.05) is 0 Å². The van der Waals surface area contributed by atoms with E-state index in [9.17, 15) is 0 Å². The van der Waals surface area contributed by atoms with E-state index in [0.29, 0.717) is 0 Å². The van der Waals surface area contributed by atoms with Gasteiger partial charge in [0.05, 0.1) is 44.3 Å². The first-order chi connectivity index (χ1) is 30.8. The molecule has 0 saturated carbocycles. The summed E-state index contributed by atoms with van der Waals surface area (Å²) in [5.41, 5.74) is 15.1. The van der Waals surface area contributed by atoms with E-state index in [1.807, 2.05) is 11.8 Å². The van der Waals surface area contributed by atoms with Crippen LogP contribution in [0, 0.1) is 0 Å². The molecule has 1 unspecified atom stereocenters. The summed E-state index contributed by atoms with van der Waals surface area (Å²) in [6, 6.07) is 78.1. The summed E-state index contributed by atoms with van der Waals surface area (Å²) in [6.45, 7) is 0. The van der Waals surface area contributed by atoms with E-state index in [4.69, 9.17) is 4.99 Å². The van der Waals surface area contributed by atoms with Crippen molar-refractivity contribution < 1.29 is 4.58 Å². The highest BCUT2D eigenvalue weighted by Crippen LogP contribution is 2.61. The molecular formula is C57H35N4S+. The molecule has 2 aromatic heterocycles. The van der Waals surface area contributed by atoms with E-state index in [1.54, 1.807) is 0 Å². The minimum Gasteiger partial charge on any atom is -0.309 e. The lowest BCUT2D eigenvalue weighted by atomic mass is 9.62. The first-order valence-electron chi connectivity index (χ1n) is 21.2. The summed E-state index contributed by atoms with van der Waals surface area (Å²) >= 11 is 1.90. The molecule has 5 heteroatoms. The summed E-state index contributed by atoms with van der Waals surface area (Å²) in [5.74, 6) is 1.89. The highest BCUT2D eigenvalue weighted by Gasteiger charge is 2.49. The van der Waals surface area contributed by atoms with Crippen LogP contribution in [-0.4, -0.2) is 25.4 Å². The maximum absolute atomic E-state index is 5.14. The van der Waals surface area contributed by atoms with Crippen molar-refractivity contribution in [2.45, 2.75) is 15.2 Å². The van der Waals surface area contributed by atoms with Gasteiger partial charge in [-0.25, -0.2) is 0 Å². The molecular weight excluding hydrogens is 773 g/mol. The number of fused-ring (bicyclic) bond motifs is 14. The lowest BCUT2D eigenvalue weighted by Gasteiger charge is -2.45. The Hall–Kier alpha value is -7.73. The molecule has 0 amide bonds. The summed E-state index contributed by atoms with van der Waals surface area (Å²) < 4.78 is 7.32. The standard InChI is InChI=1S/C57H35N4S/c1-3-17-36(18-4-1)55-58-56(37-19-5-2-6-20-37)60(55)39-22-15-21-38(33-39)59-48-29-11-8-24-41(48)43-34-53-47(35-51(43)59)57(45-27-10-14-32-52(45)62-53)44-26-9-13-31-50(44)61-49-30-12-7-23-40(49)42-25-16-28-46(57)54(42)61/h1-35H/q+1. The van der Waals surface area contributed by atoms with Crippen molar-refractivity contribution in [3.63, 3.8) is 0 Å². The number of rotatable bonds is 4. The number of nitrogens with zero attached hydrogens (tertiary/aromatic N) is 4. The lowest BCUT2D eigenvalue weighted by Crippen LogP contribution is -2.37. The monoisotopic (exact) mass is 807 g/mol. The molecule has 4 nitrogen and oxygen atoms in total. The number of aromatic nitrogens is 2. The van der Waals surface area contributed by atoms with Crippen molar-refractivity contribution in [3.8, 4) is 11.4 Å². The maximum Gasteiger partial charge on any atom is 0.279 e. The summed E-state index contributed by atoms with van der Waals surface area (Å²) in [7, 11) is 0. The van der Waals surface area contributed by atoms with Gasteiger partial charge in [-0.05, 0) is 95.1 Å². The summed E-state index contributed by atoms with van der Waals surface area (Å²) in [6.07, 6.45) is 0. The third-order valence-corrected chi connectivity index (χ3v) is 14.5. The number of aliphatic imine (C=N–C) groups is 1. The number of hydrogen-bond donors (Lipinski definition) is 0. The Balaban J connectivity index is 1.07. The van der Waals surface area contributed by atoms with Gasteiger partial charge in [-0.15, -0.1) is 0 Å². The van der Waals surface area contributed by atoms with Crippen molar-refractivity contribution in [3.05, 3.63) is 246 Å². The Morgan fingerprint density at radius 3 is 1.87 bits per heavy atom. The smallest absolute Gasteiger partial charge is 0.279 e. The molecule has 62 heavy (non-hydrogen) atoms. The zero-order valence-corrected chi connectivity index (χ0v) is 34.2. The van der Waals surface area contributed by atoms with Gasteiger partial charge in [-0.2, -0.15) is 4.58 Å². The predicted molar refractivity (Wildman–Crippen MR) is 255 cm³/mol. The fourth-order valence-corrected chi connectivity index (χ4v) is 12.1. The van der Waals surface area contributed by atoms with Crippen LogP contribution < -0.4 is 0 Å². The SMILES string of the molecule is c1ccc(C2=NC(c3ccccc3)=[N+]2c2cccc(-n3c4ccccc4c4cc5c(cc43)C3(c4ccccc4S5)c4ccccc4-n4c5ccccc5c5cccc3c54)c2)cc1. The molecule has 3 aliphatic heterocycles.